The number of ether oxygens (including phenoxy) is 2. The smallest absolute Gasteiger partial charge is 0.404 e. The molecule has 18 heteroatoms. The summed E-state index contributed by atoms with van der Waals surface area (Å²) in [6, 6.07) is 0.982. The van der Waals surface area contributed by atoms with Crippen molar-refractivity contribution in [1.29, 1.82) is 0 Å². The SMILES string of the molecule is C[C@H](COc1cc(NC(=O)N2C[C@@](C)(C(F)(F)F)c3c2cnc2cc(Cl)nn32)cn(C(F)F)c1=O)OC(N)=O. The average molecular weight is 580 g/mol. The van der Waals surface area contributed by atoms with E-state index in [-0.39, 0.29) is 21.1 Å². The van der Waals surface area contributed by atoms with Gasteiger partial charge in [-0.15, -0.1) is 0 Å². The Balaban J connectivity index is 1.69. The molecule has 0 aliphatic carbocycles. The lowest BCUT2D eigenvalue weighted by atomic mass is 9.88. The van der Waals surface area contributed by atoms with E-state index in [4.69, 9.17) is 22.1 Å². The Morgan fingerprint density at radius 1 is 1.31 bits per heavy atom. The van der Waals surface area contributed by atoms with E-state index in [2.05, 4.69) is 20.1 Å². The maximum absolute atomic E-state index is 14.3. The molecule has 0 aromatic carbocycles. The van der Waals surface area contributed by atoms with Crippen LogP contribution in [0.4, 0.5) is 42.9 Å². The van der Waals surface area contributed by atoms with E-state index in [9.17, 15) is 36.3 Å². The molecule has 0 fully saturated rings. The molecule has 3 aromatic heterocycles. The molecule has 3 aromatic rings. The summed E-state index contributed by atoms with van der Waals surface area (Å²) in [5, 5.41) is 5.94. The number of pyridine rings is 1. The second kappa shape index (κ2) is 9.87. The number of hydrogen-bond donors (Lipinski definition) is 2. The van der Waals surface area contributed by atoms with Gasteiger partial charge in [-0.3, -0.25) is 14.3 Å². The largest absolute Gasteiger partial charge is 0.484 e. The Morgan fingerprint density at radius 3 is 2.62 bits per heavy atom. The molecule has 4 heterocycles. The summed E-state index contributed by atoms with van der Waals surface area (Å²) in [6.45, 7) is -2.51. The Kier molecular flexibility index (Phi) is 7.05. The highest BCUT2D eigenvalue weighted by Crippen LogP contribution is 2.50. The first-order valence-electron chi connectivity index (χ1n) is 11.0. The number of primary amides is 1. The molecule has 0 saturated heterocycles. The Bertz CT molecular complexity index is 1510. The van der Waals surface area contributed by atoms with Gasteiger partial charge < -0.3 is 20.5 Å². The molecule has 3 amide bonds. The van der Waals surface area contributed by atoms with Crippen LogP contribution < -0.4 is 26.2 Å². The van der Waals surface area contributed by atoms with Gasteiger partial charge in [0.05, 0.1) is 23.3 Å². The number of alkyl halides is 5. The fourth-order valence-electron chi connectivity index (χ4n) is 4.02. The van der Waals surface area contributed by atoms with E-state index in [1.54, 1.807) is 0 Å². The van der Waals surface area contributed by atoms with Gasteiger partial charge in [0.15, 0.2) is 16.5 Å². The summed E-state index contributed by atoms with van der Waals surface area (Å²) >= 11 is 5.86. The number of urea groups is 1. The first kappa shape index (κ1) is 27.9. The zero-order chi connectivity index (χ0) is 28.9. The average Bonchev–Trinajstić information content (AvgIpc) is 3.35. The first-order chi connectivity index (χ1) is 18.1. The molecule has 3 N–H and O–H groups in total. The van der Waals surface area contributed by atoms with Crippen molar-refractivity contribution in [3.8, 4) is 5.75 Å². The third-order valence-electron chi connectivity index (χ3n) is 5.86. The number of nitrogens with two attached hydrogens (primary N) is 1. The number of nitrogens with one attached hydrogen (secondary N) is 1. The van der Waals surface area contributed by atoms with E-state index < -0.39 is 72.2 Å². The minimum absolute atomic E-state index is 0.0110. The predicted octanol–water partition coefficient (Wildman–Crippen LogP) is 3.67. The van der Waals surface area contributed by atoms with Crippen molar-refractivity contribution < 1.29 is 41.0 Å². The van der Waals surface area contributed by atoms with Gasteiger partial charge in [0, 0.05) is 24.9 Å². The summed E-state index contributed by atoms with van der Waals surface area (Å²) < 4.78 is 80.5. The van der Waals surface area contributed by atoms with Crippen LogP contribution >= 0.6 is 11.6 Å². The van der Waals surface area contributed by atoms with Gasteiger partial charge in [-0.2, -0.15) is 27.1 Å². The lowest BCUT2D eigenvalue weighted by Crippen LogP contribution is -2.46. The molecule has 0 radical (unpaired) electrons. The second-order valence-corrected chi connectivity index (χ2v) is 9.10. The zero-order valence-corrected chi connectivity index (χ0v) is 20.8. The van der Waals surface area contributed by atoms with Crippen molar-refractivity contribution in [3.63, 3.8) is 0 Å². The highest BCUT2D eigenvalue weighted by molar-refractivity contribution is 6.29. The normalized spacial score (nSPS) is 17.8. The van der Waals surface area contributed by atoms with Crippen molar-refractivity contribution in [3.05, 3.63) is 45.7 Å². The molecule has 0 spiro atoms. The van der Waals surface area contributed by atoms with Crippen LogP contribution in [-0.2, 0) is 10.2 Å². The van der Waals surface area contributed by atoms with Crippen molar-refractivity contribution in [2.24, 2.45) is 5.73 Å². The van der Waals surface area contributed by atoms with Crippen LogP contribution in [0.3, 0.4) is 0 Å². The summed E-state index contributed by atoms with van der Waals surface area (Å²) in [6.07, 6.45) is -5.33. The minimum atomic E-state index is -4.85. The van der Waals surface area contributed by atoms with Crippen LogP contribution in [0.1, 0.15) is 26.1 Å². The summed E-state index contributed by atoms with van der Waals surface area (Å²) in [7, 11) is 0. The molecule has 4 rings (SSSR count). The quantitative estimate of drug-likeness (QED) is 0.424. The topological polar surface area (TPSA) is 146 Å². The molecular weight excluding hydrogens is 561 g/mol. The van der Waals surface area contributed by atoms with E-state index in [0.29, 0.717) is 11.1 Å². The second-order valence-electron chi connectivity index (χ2n) is 8.72. The number of anilines is 2. The number of halogens is 6. The predicted molar refractivity (Wildman–Crippen MR) is 125 cm³/mol. The van der Waals surface area contributed by atoms with E-state index in [0.717, 1.165) is 23.7 Å². The van der Waals surface area contributed by atoms with Crippen LogP contribution in [0.5, 0.6) is 5.75 Å². The molecule has 0 unspecified atom stereocenters. The number of aromatic nitrogens is 4. The van der Waals surface area contributed by atoms with Crippen molar-refractivity contribution in [2.75, 3.05) is 23.4 Å². The molecule has 0 saturated carbocycles. The van der Waals surface area contributed by atoms with Gasteiger partial charge in [-0.1, -0.05) is 11.6 Å². The maximum Gasteiger partial charge on any atom is 0.404 e. The fourth-order valence-corrected chi connectivity index (χ4v) is 4.19. The van der Waals surface area contributed by atoms with Crippen LogP contribution in [-0.4, -0.2) is 56.7 Å². The van der Waals surface area contributed by atoms with Gasteiger partial charge >= 0.3 is 24.9 Å². The molecule has 1 aliphatic rings. The molecule has 2 atom stereocenters. The first-order valence-corrected chi connectivity index (χ1v) is 11.3. The molecule has 12 nitrogen and oxygen atoms in total. The molecule has 39 heavy (non-hydrogen) atoms. The minimum Gasteiger partial charge on any atom is -0.484 e. The number of rotatable bonds is 6. The Hall–Kier alpha value is -4.15. The van der Waals surface area contributed by atoms with Crippen LogP contribution in [0.25, 0.3) is 5.65 Å². The molecule has 0 bridgehead atoms. The fraction of sp³-hybridized carbons (Fsp3) is 0.381. The standard InChI is InChI=1S/C21H19ClF5N7O5/c1-9(39-18(28)36)7-38-12-3-10(6-32(16(12)35)17(23)24)30-19(37)33-8-20(2,21(25,26)27)15-11(33)5-29-14-4-13(22)31-34(14)15/h3-6,9,17H,7-8H2,1-2H3,(H2,28,36)(H,30,37)/t9-,20-/m1/s1. The zero-order valence-electron chi connectivity index (χ0n) is 20.0. The highest BCUT2D eigenvalue weighted by atomic mass is 35.5. The molecule has 210 valence electrons. The van der Waals surface area contributed by atoms with Gasteiger partial charge in [-0.25, -0.2) is 19.1 Å². The van der Waals surface area contributed by atoms with Crippen molar-refractivity contribution >= 4 is 40.7 Å². The Morgan fingerprint density at radius 2 is 2.00 bits per heavy atom. The van der Waals surface area contributed by atoms with E-state index in [1.807, 2.05) is 0 Å². The maximum atomic E-state index is 14.3. The number of hydrogen-bond acceptors (Lipinski definition) is 7. The lowest BCUT2D eigenvalue weighted by molar-refractivity contribution is -0.181. The lowest BCUT2D eigenvalue weighted by Gasteiger charge is -2.28. The summed E-state index contributed by atoms with van der Waals surface area (Å²) in [5.74, 6) is -0.662. The third kappa shape index (κ3) is 5.13. The molecule has 1 aliphatic heterocycles. The van der Waals surface area contributed by atoms with E-state index >= 15 is 0 Å². The number of fused-ring (bicyclic) bond motifs is 3. The van der Waals surface area contributed by atoms with Crippen LogP contribution in [0, 0.1) is 0 Å². The monoisotopic (exact) mass is 579 g/mol. The highest BCUT2D eigenvalue weighted by Gasteiger charge is 2.60. The van der Waals surface area contributed by atoms with E-state index in [1.165, 1.54) is 13.0 Å². The number of nitrogens with zero attached hydrogens (tertiary/aromatic N) is 5. The van der Waals surface area contributed by atoms with Crippen molar-refractivity contribution in [1.82, 2.24) is 19.2 Å². The number of amides is 3. The van der Waals surface area contributed by atoms with Gasteiger partial charge in [0.1, 0.15) is 18.1 Å². The Labute approximate surface area is 220 Å². The van der Waals surface area contributed by atoms with Crippen LogP contribution in [0.2, 0.25) is 5.15 Å². The van der Waals surface area contributed by atoms with Crippen molar-refractivity contribution in [2.45, 2.75) is 38.1 Å². The summed E-state index contributed by atoms with van der Waals surface area (Å²) in [5.41, 5.74) is -0.0662. The van der Waals surface area contributed by atoms with Gasteiger partial charge in [0.25, 0.3) is 5.56 Å². The number of carbonyl (C=O) groups is 2. The van der Waals surface area contributed by atoms with Gasteiger partial charge in [-0.05, 0) is 13.8 Å². The summed E-state index contributed by atoms with van der Waals surface area (Å²) in [4.78, 5) is 41.1. The van der Waals surface area contributed by atoms with Gasteiger partial charge in [0.2, 0.25) is 0 Å². The van der Waals surface area contributed by atoms with Crippen LogP contribution in [0.15, 0.2) is 29.3 Å². The third-order valence-corrected chi connectivity index (χ3v) is 6.04. The number of carbonyl (C=O) groups excluding carboxylic acids is 2. The molecular formula is C21H19ClF5N7O5.